The highest BCUT2D eigenvalue weighted by atomic mass is 19.4. The van der Waals surface area contributed by atoms with Crippen molar-refractivity contribution in [2.75, 3.05) is 95.3 Å². The third kappa shape index (κ3) is 10.6. The number of carbonyl (C=O) groups is 4. The molecule has 6 aliphatic heterocycles. The second-order valence-corrected chi connectivity index (χ2v) is 18.4. The van der Waals surface area contributed by atoms with Crippen LogP contribution in [0.1, 0.15) is 59.1 Å². The average Bonchev–Trinajstić information content (AvgIpc) is 3.90. The Hall–Kier alpha value is -6.09. The number of carbonyl (C=O) groups excluding carboxylic acids is 4. The van der Waals surface area contributed by atoms with Crippen molar-refractivity contribution in [3.05, 3.63) is 107 Å². The number of imide groups is 1. The Kier molecular flexibility index (Phi) is 13.5. The van der Waals surface area contributed by atoms with E-state index in [9.17, 15) is 37.5 Å². The predicted molar refractivity (Wildman–Crippen MR) is 242 cm³/mol. The van der Waals surface area contributed by atoms with E-state index in [0.29, 0.717) is 86.4 Å². The Morgan fingerprint density at radius 3 is 2.42 bits per heavy atom. The van der Waals surface area contributed by atoms with Crippen molar-refractivity contribution in [2.45, 2.75) is 50.6 Å². The number of rotatable bonds is 12. The number of aliphatic hydroxyl groups excluding tert-OH is 1. The third-order valence-electron chi connectivity index (χ3n) is 13.9. The first kappa shape index (κ1) is 46.0. The molecule has 0 radical (unpaired) electrons. The van der Waals surface area contributed by atoms with Gasteiger partial charge in [-0.15, -0.1) is 10.2 Å². The maximum Gasteiger partial charge on any atom is 0.418 e. The molecule has 3 aromatic rings. The highest BCUT2D eigenvalue weighted by Crippen LogP contribution is 2.34. The molecule has 4 fully saturated rings. The number of hydrogen-bond donors (Lipinski definition) is 4. The molecule has 0 spiro atoms. The molecule has 17 nitrogen and oxygen atoms in total. The lowest BCUT2D eigenvalue weighted by molar-refractivity contribution is -0.137. The van der Waals surface area contributed by atoms with Gasteiger partial charge < -0.3 is 35.0 Å². The third-order valence-corrected chi connectivity index (χ3v) is 13.9. The van der Waals surface area contributed by atoms with Gasteiger partial charge in [-0.2, -0.15) is 13.2 Å². The van der Waals surface area contributed by atoms with Gasteiger partial charge in [0.05, 0.1) is 17.8 Å². The summed E-state index contributed by atoms with van der Waals surface area (Å²) in [6.07, 6.45) is 2.44. The van der Waals surface area contributed by atoms with E-state index in [4.69, 9.17) is 0 Å². The summed E-state index contributed by atoms with van der Waals surface area (Å²) in [5.74, 6) is 0.109. The second kappa shape index (κ2) is 19.6. The van der Waals surface area contributed by atoms with Crippen LogP contribution in [0.15, 0.2) is 84.1 Å². The van der Waals surface area contributed by atoms with E-state index in [-0.39, 0.29) is 29.8 Å². The predicted octanol–water partition coefficient (Wildman–Crippen LogP) is 2.57. The quantitative estimate of drug-likeness (QED) is 0.196. The molecule has 1 aromatic heterocycles. The number of halogens is 3. The summed E-state index contributed by atoms with van der Waals surface area (Å²) in [5.41, 5.74) is 3.15. The minimum absolute atomic E-state index is 0.0857. The van der Waals surface area contributed by atoms with E-state index >= 15 is 0 Å². The van der Waals surface area contributed by atoms with Gasteiger partial charge in [0.2, 0.25) is 17.7 Å². The minimum atomic E-state index is -4.61. The minimum Gasteiger partial charge on any atom is -0.380 e. The second-order valence-electron chi connectivity index (χ2n) is 18.4. The van der Waals surface area contributed by atoms with Crippen molar-refractivity contribution in [2.24, 2.45) is 13.0 Å². The fourth-order valence-electron chi connectivity index (χ4n) is 9.98. The molecule has 4 N–H and O–H groups in total. The molecule has 2 atom stereocenters. The van der Waals surface area contributed by atoms with Crippen LogP contribution in [0, 0.1) is 5.92 Å². The molecule has 7 heterocycles. The van der Waals surface area contributed by atoms with Crippen molar-refractivity contribution in [3.8, 4) is 0 Å². The summed E-state index contributed by atoms with van der Waals surface area (Å²) < 4.78 is 44.6. The van der Waals surface area contributed by atoms with Crippen LogP contribution >= 0.6 is 0 Å². The first-order chi connectivity index (χ1) is 32.2. The maximum absolute atomic E-state index is 14.3. The van der Waals surface area contributed by atoms with Crippen LogP contribution in [0.4, 0.5) is 24.5 Å². The molecule has 4 amide bonds. The molecule has 67 heavy (non-hydrogen) atoms. The summed E-state index contributed by atoms with van der Waals surface area (Å²) >= 11 is 0. The van der Waals surface area contributed by atoms with Crippen molar-refractivity contribution < 1.29 is 37.5 Å². The van der Waals surface area contributed by atoms with Gasteiger partial charge in [-0.25, -0.2) is 0 Å². The number of piperazine rings is 2. The highest BCUT2D eigenvalue weighted by molar-refractivity contribution is 6.05. The van der Waals surface area contributed by atoms with Gasteiger partial charge in [0.1, 0.15) is 18.5 Å². The molecule has 9 rings (SSSR count). The Labute approximate surface area is 386 Å². The van der Waals surface area contributed by atoms with E-state index in [1.807, 2.05) is 17.0 Å². The molecule has 356 valence electrons. The smallest absolute Gasteiger partial charge is 0.380 e. The monoisotopic (exact) mass is 926 g/mol. The fourth-order valence-corrected chi connectivity index (χ4v) is 9.98. The van der Waals surface area contributed by atoms with Crippen molar-refractivity contribution in [1.82, 2.24) is 49.9 Å². The molecule has 2 aromatic carbocycles. The van der Waals surface area contributed by atoms with Crippen molar-refractivity contribution in [3.63, 3.8) is 0 Å². The van der Waals surface area contributed by atoms with Gasteiger partial charge in [0.25, 0.3) is 5.91 Å². The lowest BCUT2D eigenvalue weighted by atomic mass is 9.96. The summed E-state index contributed by atoms with van der Waals surface area (Å²) in [4.78, 5) is 63.3. The van der Waals surface area contributed by atoms with Crippen LogP contribution in [0.3, 0.4) is 0 Å². The summed E-state index contributed by atoms with van der Waals surface area (Å²) in [7, 11) is 1.71. The standard InChI is InChI=1S/C47H57F3N12O5/c1-56-30-53-55-44(56)43(65)33-3-2-4-35(22-33)51-25-39-38(47(48,49)50)21-32(24-52-39)27-59-15-19-61(20-16-59)42(64)29-57-11-9-31(10-12-57)26-58-13-17-60(18-14-58)36-5-6-37-34(23-36)28-62(46(37)67)40-7-8-41(63)54-45(40)66/h2-6,21-25,30-31,40,43,51-52,65H,7-20,26-29H2,1H3,(H,54,63,66)/b39-25-/t40?,43-/m1/s1. The normalized spacial score (nSPS) is 22.6. The van der Waals surface area contributed by atoms with Gasteiger partial charge in [0, 0.05) is 115 Å². The fraction of sp³-hybridized carbons (Fsp3) is 0.489. The van der Waals surface area contributed by atoms with Gasteiger partial charge >= 0.3 is 6.18 Å². The molecular formula is C47H57F3N12O5. The number of likely N-dealkylation sites (tertiary alicyclic amines) is 1. The zero-order valence-corrected chi connectivity index (χ0v) is 37.5. The van der Waals surface area contributed by atoms with Crippen LogP contribution in [0.25, 0.3) is 0 Å². The number of fused-ring (bicyclic) bond motifs is 1. The number of benzene rings is 2. The van der Waals surface area contributed by atoms with Crippen LogP contribution in [0.2, 0.25) is 0 Å². The van der Waals surface area contributed by atoms with Crippen LogP contribution in [-0.2, 0) is 28.0 Å². The van der Waals surface area contributed by atoms with Crippen LogP contribution in [-0.4, -0.2) is 165 Å². The highest BCUT2D eigenvalue weighted by Gasteiger charge is 2.40. The molecule has 20 heteroatoms. The molecule has 0 bridgehead atoms. The van der Waals surface area contributed by atoms with Gasteiger partial charge in [-0.05, 0) is 91.4 Å². The number of hydrogen-bond acceptors (Lipinski definition) is 13. The van der Waals surface area contributed by atoms with E-state index in [1.54, 1.807) is 47.0 Å². The molecule has 0 aliphatic carbocycles. The maximum atomic E-state index is 14.3. The number of alkyl halides is 3. The number of nitrogens with one attached hydrogen (secondary N) is 3. The van der Waals surface area contributed by atoms with Gasteiger partial charge in [0.15, 0.2) is 5.82 Å². The Morgan fingerprint density at radius 1 is 0.940 bits per heavy atom. The Balaban J connectivity index is 0.682. The average molecular weight is 927 g/mol. The van der Waals surface area contributed by atoms with Gasteiger partial charge in [-0.3, -0.25) is 39.2 Å². The van der Waals surface area contributed by atoms with E-state index in [0.717, 1.165) is 69.9 Å². The van der Waals surface area contributed by atoms with Gasteiger partial charge in [-0.1, -0.05) is 12.1 Å². The number of allylic oxidation sites excluding steroid dienone is 1. The topological polar surface area (TPSA) is 175 Å². The van der Waals surface area contributed by atoms with Crippen LogP contribution < -0.4 is 20.9 Å². The summed E-state index contributed by atoms with van der Waals surface area (Å²) in [6, 6.07) is 12.0. The van der Waals surface area contributed by atoms with E-state index < -0.39 is 29.8 Å². The van der Waals surface area contributed by atoms with E-state index in [1.165, 1.54) is 18.6 Å². The molecule has 0 saturated carbocycles. The first-order valence-corrected chi connectivity index (χ1v) is 23.1. The summed E-state index contributed by atoms with van der Waals surface area (Å²) in [6.45, 7) is 9.54. The molecular weight excluding hydrogens is 870 g/mol. The SMILES string of the molecule is Cn1cnnc1[C@H](O)c1cccc(N/C=C2\NC=C(CN3CCN(C(=O)CN4CCC(CN5CCN(c6ccc7c(c6)CN(C6CCC(=O)NC6=O)C7=O)CC5)CC4)CC3)C=C2C(F)(F)F)c1. The number of aryl methyl sites for hydroxylation is 1. The number of aromatic nitrogens is 3. The molecule has 4 saturated heterocycles. The lowest BCUT2D eigenvalue weighted by Crippen LogP contribution is -2.52. The lowest BCUT2D eigenvalue weighted by Gasteiger charge is -2.40. The Bertz CT molecular complexity index is 2450. The summed E-state index contributed by atoms with van der Waals surface area (Å²) in [5, 5.41) is 26.6. The number of aliphatic hydroxyl groups is 1. The molecule has 6 aliphatic rings. The zero-order valence-electron chi connectivity index (χ0n) is 37.5. The number of nitrogens with zero attached hydrogens (tertiary/aromatic N) is 9. The van der Waals surface area contributed by atoms with Crippen LogP contribution in [0.5, 0.6) is 0 Å². The zero-order chi connectivity index (χ0) is 46.8. The number of anilines is 2. The largest absolute Gasteiger partial charge is 0.418 e. The number of dihydropyridines is 1. The van der Waals surface area contributed by atoms with Crippen molar-refractivity contribution in [1.29, 1.82) is 0 Å². The Morgan fingerprint density at radius 2 is 1.70 bits per heavy atom. The van der Waals surface area contributed by atoms with E-state index in [2.05, 4.69) is 51.8 Å². The first-order valence-electron chi connectivity index (χ1n) is 23.1. The van der Waals surface area contributed by atoms with Crippen molar-refractivity contribution >= 4 is 35.0 Å². The number of amides is 4. The number of piperidine rings is 2. The molecule has 1 unspecified atom stereocenters.